The number of aliphatic hydroxyl groups is 1. The van der Waals surface area contributed by atoms with Crippen molar-refractivity contribution >= 4 is 29.4 Å². The van der Waals surface area contributed by atoms with Gasteiger partial charge in [-0.2, -0.15) is 0 Å². The lowest BCUT2D eigenvalue weighted by Gasteiger charge is -2.44. The largest absolute Gasteiger partial charge is 0.507 e. The normalized spacial score (nSPS) is 26.2. The highest BCUT2D eigenvalue weighted by molar-refractivity contribution is 6.31. The third-order valence-corrected chi connectivity index (χ3v) is 10.5. The van der Waals surface area contributed by atoms with Crippen LogP contribution in [-0.4, -0.2) is 109 Å². The fraction of sp³-hybridized carbons (Fsp3) is 0.457. The van der Waals surface area contributed by atoms with E-state index in [4.69, 9.17) is 28.4 Å². The summed E-state index contributed by atoms with van der Waals surface area (Å²) < 4.78 is 35.9. The van der Waals surface area contributed by atoms with Crippen LogP contribution in [0, 0.1) is 10.1 Å². The number of carbonyl (C=O) groups is 4. The number of imidazole rings is 1. The Morgan fingerprint density at radius 1 is 1.15 bits per heavy atom. The summed E-state index contributed by atoms with van der Waals surface area (Å²) in [6.07, 6.45) is -4.78. The number of amides is 1. The van der Waals surface area contributed by atoms with Gasteiger partial charge in [-0.15, -0.1) is 0 Å². The molecule has 19 heteroatoms. The van der Waals surface area contributed by atoms with Crippen LogP contribution >= 0.6 is 0 Å². The van der Waals surface area contributed by atoms with Crippen LogP contribution < -0.4 is 4.74 Å². The zero-order valence-electron chi connectivity index (χ0n) is 29.5. The summed E-state index contributed by atoms with van der Waals surface area (Å²) in [5.41, 5.74) is -3.32. The zero-order chi connectivity index (χ0) is 38.8. The van der Waals surface area contributed by atoms with Gasteiger partial charge in [0, 0.05) is 36.0 Å². The van der Waals surface area contributed by atoms with Gasteiger partial charge in [-0.3, -0.25) is 19.3 Å². The highest BCUT2D eigenvalue weighted by Crippen LogP contribution is 2.52. The third kappa shape index (κ3) is 5.93. The van der Waals surface area contributed by atoms with Gasteiger partial charge in [-0.1, -0.05) is 17.1 Å². The molecule has 4 aliphatic rings. The number of aromatic nitrogens is 2. The first-order valence-electron chi connectivity index (χ1n) is 16.9. The fourth-order valence-corrected chi connectivity index (χ4v) is 7.64. The summed E-state index contributed by atoms with van der Waals surface area (Å²) in [5, 5.41) is 46.2. The first-order chi connectivity index (χ1) is 25.7. The maximum absolute atomic E-state index is 14.0. The number of nitrogens with zero attached hydrogens (tertiary/aromatic N) is 4. The van der Waals surface area contributed by atoms with E-state index in [1.807, 2.05) is 0 Å². The second-order valence-corrected chi connectivity index (χ2v) is 13.5. The van der Waals surface area contributed by atoms with Crippen LogP contribution in [0.4, 0.5) is 10.7 Å². The number of ether oxygens (including phenoxy) is 6. The Morgan fingerprint density at radius 3 is 2.57 bits per heavy atom. The maximum atomic E-state index is 14.0. The molecule has 0 radical (unpaired) electrons. The van der Waals surface area contributed by atoms with Crippen molar-refractivity contribution in [3.8, 4) is 17.2 Å². The molecule has 7 rings (SSSR count). The van der Waals surface area contributed by atoms with E-state index in [0.29, 0.717) is 0 Å². The van der Waals surface area contributed by atoms with Crippen molar-refractivity contribution in [2.24, 2.45) is 7.05 Å². The van der Waals surface area contributed by atoms with E-state index in [1.54, 1.807) is 6.92 Å². The molecule has 1 unspecified atom stereocenters. The van der Waals surface area contributed by atoms with Crippen LogP contribution in [0.1, 0.15) is 81.5 Å². The topological polar surface area (TPSA) is 249 Å². The highest BCUT2D eigenvalue weighted by atomic mass is 16.7. The van der Waals surface area contributed by atoms with Gasteiger partial charge in [0.1, 0.15) is 48.7 Å². The Bertz CT molecular complexity index is 2100. The van der Waals surface area contributed by atoms with Crippen molar-refractivity contribution in [3.05, 3.63) is 73.6 Å². The molecule has 2 fully saturated rings. The van der Waals surface area contributed by atoms with Gasteiger partial charge in [-0.25, -0.2) is 9.36 Å². The SMILES string of the molecule is COc1cccc2c1C(=O)c1c(O)c3c(c(O)c1C2=O)C[C@@](O)(C(C)=O)C[C@@H]3O[C@H]1CC2[C@H](OCOCN2C(=O)OCc2cnc([N+](=O)[O-])n2C)[C@H](C)O1. The summed E-state index contributed by atoms with van der Waals surface area (Å²) in [7, 11) is 2.72. The van der Waals surface area contributed by atoms with Crippen molar-refractivity contribution in [1.29, 1.82) is 0 Å². The van der Waals surface area contributed by atoms with Gasteiger partial charge in [0.25, 0.3) is 0 Å². The quantitative estimate of drug-likeness (QED) is 0.139. The predicted molar refractivity (Wildman–Crippen MR) is 178 cm³/mol. The monoisotopic (exact) mass is 752 g/mol. The van der Waals surface area contributed by atoms with Crippen LogP contribution in [-0.2, 0) is 48.6 Å². The molecule has 2 aliphatic heterocycles. The number of fused-ring (bicyclic) bond motifs is 4. The molecule has 6 atom stereocenters. The number of benzene rings is 2. The summed E-state index contributed by atoms with van der Waals surface area (Å²) in [6.45, 7) is 1.98. The minimum Gasteiger partial charge on any atom is -0.507 e. The Hall–Kier alpha value is -5.47. The van der Waals surface area contributed by atoms with E-state index in [1.165, 1.54) is 48.0 Å². The van der Waals surface area contributed by atoms with E-state index in [2.05, 4.69) is 4.98 Å². The molecule has 3 N–H and O–H groups in total. The summed E-state index contributed by atoms with van der Waals surface area (Å²) >= 11 is 0. The van der Waals surface area contributed by atoms with Gasteiger partial charge in [-0.05, 0) is 24.8 Å². The maximum Gasteiger partial charge on any atom is 0.434 e. The molecule has 0 bridgehead atoms. The molecule has 3 aromatic rings. The molecule has 2 aliphatic carbocycles. The molecule has 0 spiro atoms. The Balaban J connectivity index is 1.22. The lowest BCUT2D eigenvalue weighted by Crippen LogP contribution is -2.57. The van der Waals surface area contributed by atoms with E-state index < -0.39 is 106 Å². The van der Waals surface area contributed by atoms with Crippen LogP contribution in [0.2, 0.25) is 0 Å². The standard InChI is InChI=1S/C35H36N4O15/c1-15-32-20(38(13-50-14-52-32)34(45)51-12-17-11-36-33(37(17)3)39(47)48)8-23(53-15)54-22-10-35(46,16(2)40)9-19-25(22)31(44)27-26(29(19)42)28(41)18-6-5-7-21(49-4)24(18)30(27)43/h5-7,11,15,20,22-23,32,42,44,46H,8-10,12-14H2,1-4H3/t15-,20?,22-,23-,32+,35-/m0/s1. The van der Waals surface area contributed by atoms with Gasteiger partial charge < -0.3 is 53.9 Å². The van der Waals surface area contributed by atoms with E-state index in [9.17, 15) is 44.6 Å². The second-order valence-electron chi connectivity index (χ2n) is 13.5. The van der Waals surface area contributed by atoms with Crippen LogP contribution in [0.15, 0.2) is 24.4 Å². The number of nitro groups is 1. The van der Waals surface area contributed by atoms with Crippen LogP contribution in [0.5, 0.6) is 17.2 Å². The molecule has 2 aromatic carbocycles. The van der Waals surface area contributed by atoms with Crippen LogP contribution in [0.3, 0.4) is 0 Å². The van der Waals surface area contributed by atoms with E-state index in [-0.39, 0.29) is 60.2 Å². The fourth-order valence-electron chi connectivity index (χ4n) is 7.64. The number of hydrogen-bond acceptors (Lipinski definition) is 16. The van der Waals surface area contributed by atoms with Gasteiger partial charge >= 0.3 is 12.0 Å². The molecule has 1 aromatic heterocycles. The van der Waals surface area contributed by atoms with Crippen molar-refractivity contribution < 1.29 is 67.8 Å². The third-order valence-electron chi connectivity index (χ3n) is 10.5. The highest BCUT2D eigenvalue weighted by Gasteiger charge is 2.51. The molecule has 2 saturated heterocycles. The number of carbonyl (C=O) groups excluding carboxylic acids is 4. The Morgan fingerprint density at radius 2 is 1.89 bits per heavy atom. The van der Waals surface area contributed by atoms with E-state index >= 15 is 0 Å². The Labute approximate surface area is 306 Å². The average Bonchev–Trinajstić information content (AvgIpc) is 3.36. The van der Waals surface area contributed by atoms with Gasteiger partial charge in [0.05, 0.1) is 49.1 Å². The van der Waals surface area contributed by atoms with E-state index in [0.717, 1.165) is 6.92 Å². The average molecular weight is 753 g/mol. The smallest absolute Gasteiger partial charge is 0.434 e. The summed E-state index contributed by atoms with van der Waals surface area (Å²) in [6, 6.07) is 3.55. The molecular formula is C35H36N4O15. The predicted octanol–water partition coefficient (Wildman–Crippen LogP) is 2.32. The zero-order valence-corrected chi connectivity index (χ0v) is 29.5. The lowest BCUT2D eigenvalue weighted by molar-refractivity contribution is -0.396. The molecule has 3 heterocycles. The molecule has 286 valence electrons. The summed E-state index contributed by atoms with van der Waals surface area (Å²) in [4.78, 5) is 69.6. The number of Topliss-reactive ketones (excluding diaryl/α,β-unsaturated/α-hetero) is 1. The number of aromatic hydroxyl groups is 2. The number of ketones is 3. The first kappa shape index (κ1) is 36.9. The molecule has 1 amide bonds. The minimum atomic E-state index is -2.13. The Kier molecular flexibility index (Phi) is 9.38. The number of phenols is 2. The van der Waals surface area contributed by atoms with Crippen molar-refractivity contribution in [2.75, 3.05) is 20.6 Å². The number of hydrogen-bond donors (Lipinski definition) is 3. The van der Waals surface area contributed by atoms with Gasteiger partial charge in [0.2, 0.25) is 5.78 Å². The van der Waals surface area contributed by atoms with Crippen molar-refractivity contribution in [3.63, 3.8) is 0 Å². The molecule has 54 heavy (non-hydrogen) atoms. The molecule has 0 saturated carbocycles. The number of methoxy groups -OCH3 is 1. The minimum absolute atomic E-state index is 0.0644. The van der Waals surface area contributed by atoms with Crippen molar-refractivity contribution in [2.45, 2.75) is 76.0 Å². The van der Waals surface area contributed by atoms with Crippen LogP contribution in [0.25, 0.3) is 0 Å². The number of rotatable bonds is 7. The van der Waals surface area contributed by atoms with Crippen molar-refractivity contribution in [1.82, 2.24) is 14.5 Å². The molecular weight excluding hydrogens is 716 g/mol. The lowest BCUT2D eigenvalue weighted by atomic mass is 9.72. The van der Waals surface area contributed by atoms with Gasteiger partial charge in [0.15, 0.2) is 30.2 Å². The summed E-state index contributed by atoms with van der Waals surface area (Å²) in [5.74, 6) is -4.00. The second kappa shape index (κ2) is 13.7. The molecule has 19 nitrogen and oxygen atoms in total. The first-order valence-corrected chi connectivity index (χ1v) is 16.9. The number of phenolic OH excluding ortho intramolecular Hbond substituents is 2.